The molecule has 1 heterocycles. The van der Waals surface area contributed by atoms with Crippen molar-refractivity contribution in [2.45, 2.75) is 25.2 Å². The van der Waals surface area contributed by atoms with E-state index in [0.717, 1.165) is 22.3 Å². The van der Waals surface area contributed by atoms with E-state index >= 15 is 0 Å². The van der Waals surface area contributed by atoms with Crippen LogP contribution in [0.15, 0.2) is 59.8 Å². The summed E-state index contributed by atoms with van der Waals surface area (Å²) in [6.45, 7) is 3.11. The normalized spacial score (nSPS) is 10.7. The number of nitrogens with zero attached hydrogens (tertiary/aromatic N) is 4. The lowest BCUT2D eigenvalue weighted by molar-refractivity contribution is -0.127. The maximum absolute atomic E-state index is 12.6. The minimum Gasteiger partial charge on any atom is -0.496 e. The highest BCUT2D eigenvalue weighted by molar-refractivity contribution is 7.99. The van der Waals surface area contributed by atoms with Crippen molar-refractivity contribution >= 4 is 17.7 Å². The molecule has 1 amide bonds. The van der Waals surface area contributed by atoms with E-state index in [-0.39, 0.29) is 5.91 Å². The smallest absolute Gasteiger partial charge is 0.233 e. The van der Waals surface area contributed by atoms with Gasteiger partial charge in [0.25, 0.3) is 0 Å². The number of benzene rings is 2. The van der Waals surface area contributed by atoms with Crippen LogP contribution in [0.5, 0.6) is 5.75 Å². The van der Waals surface area contributed by atoms with Crippen molar-refractivity contribution < 1.29 is 9.53 Å². The molecule has 0 bridgehead atoms. The standard InChI is InChI=1S/C21H24N4O2S/c1-16-22-23-21(25(16)13-17-9-5-4-6-10-17)28-15-20(26)24(2)14-18-11-7-8-12-19(18)27-3/h4-12H,13-15H2,1-3H3. The number of para-hydroxylation sites is 1. The Morgan fingerprint density at radius 3 is 2.57 bits per heavy atom. The minimum absolute atomic E-state index is 0.0304. The van der Waals surface area contributed by atoms with Crippen LogP contribution in [-0.4, -0.2) is 45.5 Å². The third-order valence-corrected chi connectivity index (χ3v) is 5.39. The summed E-state index contributed by atoms with van der Waals surface area (Å²) in [5.41, 5.74) is 2.15. The molecule has 0 unspecified atom stereocenters. The van der Waals surface area contributed by atoms with Gasteiger partial charge in [0.2, 0.25) is 5.91 Å². The average molecular weight is 397 g/mol. The summed E-state index contributed by atoms with van der Waals surface area (Å²) in [5, 5.41) is 9.17. The van der Waals surface area contributed by atoms with Crippen molar-refractivity contribution in [2.24, 2.45) is 0 Å². The fraction of sp³-hybridized carbons (Fsp3) is 0.286. The second-order valence-electron chi connectivity index (χ2n) is 6.45. The Balaban J connectivity index is 1.61. The first-order valence-electron chi connectivity index (χ1n) is 9.01. The van der Waals surface area contributed by atoms with Gasteiger partial charge in [-0.05, 0) is 18.6 Å². The molecular formula is C21H24N4O2S. The number of hydrogen-bond acceptors (Lipinski definition) is 5. The first kappa shape index (κ1) is 19.9. The van der Waals surface area contributed by atoms with E-state index in [1.165, 1.54) is 17.3 Å². The molecule has 0 aliphatic rings. The monoisotopic (exact) mass is 396 g/mol. The Labute approximate surface area is 169 Å². The third-order valence-electron chi connectivity index (χ3n) is 4.44. The Morgan fingerprint density at radius 2 is 1.82 bits per heavy atom. The first-order valence-corrected chi connectivity index (χ1v) is 9.99. The van der Waals surface area contributed by atoms with Crippen LogP contribution >= 0.6 is 11.8 Å². The number of thioether (sulfide) groups is 1. The van der Waals surface area contributed by atoms with Gasteiger partial charge in [-0.1, -0.05) is 60.3 Å². The summed E-state index contributed by atoms with van der Waals surface area (Å²) in [6, 6.07) is 17.9. The highest BCUT2D eigenvalue weighted by Crippen LogP contribution is 2.21. The molecule has 146 valence electrons. The molecule has 0 radical (unpaired) electrons. The molecule has 1 aromatic heterocycles. The molecule has 0 atom stereocenters. The Bertz CT molecular complexity index is 927. The zero-order valence-electron chi connectivity index (χ0n) is 16.3. The number of methoxy groups -OCH3 is 1. The second kappa shape index (κ2) is 9.41. The average Bonchev–Trinajstić information content (AvgIpc) is 3.06. The Kier molecular flexibility index (Phi) is 6.71. The number of ether oxygens (including phenoxy) is 1. The topological polar surface area (TPSA) is 60.2 Å². The number of hydrogen-bond donors (Lipinski definition) is 0. The van der Waals surface area contributed by atoms with Gasteiger partial charge >= 0.3 is 0 Å². The van der Waals surface area contributed by atoms with Gasteiger partial charge < -0.3 is 14.2 Å². The molecule has 0 aliphatic heterocycles. The highest BCUT2D eigenvalue weighted by atomic mass is 32.2. The molecule has 0 spiro atoms. The molecule has 2 aromatic carbocycles. The SMILES string of the molecule is COc1ccccc1CN(C)C(=O)CSc1nnc(C)n1Cc1ccccc1. The summed E-state index contributed by atoms with van der Waals surface area (Å²) in [7, 11) is 3.44. The number of aryl methyl sites for hydroxylation is 1. The van der Waals surface area contributed by atoms with E-state index in [1.54, 1.807) is 19.1 Å². The van der Waals surface area contributed by atoms with Crippen molar-refractivity contribution in [2.75, 3.05) is 19.9 Å². The van der Waals surface area contributed by atoms with Crippen LogP contribution in [0.3, 0.4) is 0 Å². The molecule has 7 heteroatoms. The second-order valence-corrected chi connectivity index (χ2v) is 7.39. The Morgan fingerprint density at radius 1 is 1.11 bits per heavy atom. The maximum atomic E-state index is 12.6. The van der Waals surface area contributed by atoms with Crippen LogP contribution in [0.2, 0.25) is 0 Å². The van der Waals surface area contributed by atoms with Crippen molar-refractivity contribution in [1.82, 2.24) is 19.7 Å². The lowest BCUT2D eigenvalue weighted by Crippen LogP contribution is -2.28. The molecule has 0 fully saturated rings. The molecule has 0 saturated heterocycles. The largest absolute Gasteiger partial charge is 0.496 e. The highest BCUT2D eigenvalue weighted by Gasteiger charge is 2.16. The third kappa shape index (κ3) is 4.92. The van der Waals surface area contributed by atoms with E-state index in [1.807, 2.05) is 54.0 Å². The quantitative estimate of drug-likeness (QED) is 0.546. The summed E-state index contributed by atoms with van der Waals surface area (Å²) >= 11 is 1.41. The number of carbonyl (C=O) groups is 1. The summed E-state index contributed by atoms with van der Waals surface area (Å²) in [5.74, 6) is 1.95. The Hall–Kier alpha value is -2.80. The van der Waals surface area contributed by atoms with E-state index in [9.17, 15) is 4.79 Å². The van der Waals surface area contributed by atoms with Crippen LogP contribution in [0.1, 0.15) is 17.0 Å². The lowest BCUT2D eigenvalue weighted by Gasteiger charge is -2.18. The van der Waals surface area contributed by atoms with Gasteiger partial charge in [0, 0.05) is 19.2 Å². The molecule has 0 N–H and O–H groups in total. The molecular weight excluding hydrogens is 372 g/mol. The number of aromatic nitrogens is 3. The minimum atomic E-state index is 0.0304. The lowest BCUT2D eigenvalue weighted by atomic mass is 10.2. The fourth-order valence-electron chi connectivity index (χ4n) is 2.83. The van der Waals surface area contributed by atoms with Gasteiger partial charge in [-0.15, -0.1) is 10.2 Å². The van der Waals surface area contributed by atoms with E-state index in [4.69, 9.17) is 4.74 Å². The van der Waals surface area contributed by atoms with Gasteiger partial charge in [0.15, 0.2) is 5.16 Å². The van der Waals surface area contributed by atoms with Crippen LogP contribution in [-0.2, 0) is 17.9 Å². The molecule has 6 nitrogen and oxygen atoms in total. The van der Waals surface area contributed by atoms with Crippen LogP contribution in [0.4, 0.5) is 0 Å². The zero-order valence-corrected chi connectivity index (χ0v) is 17.1. The van der Waals surface area contributed by atoms with Crippen LogP contribution < -0.4 is 4.74 Å². The van der Waals surface area contributed by atoms with E-state index in [2.05, 4.69) is 22.3 Å². The van der Waals surface area contributed by atoms with Crippen molar-refractivity contribution in [3.63, 3.8) is 0 Å². The van der Waals surface area contributed by atoms with E-state index in [0.29, 0.717) is 18.8 Å². The van der Waals surface area contributed by atoms with Gasteiger partial charge in [-0.25, -0.2) is 0 Å². The van der Waals surface area contributed by atoms with Crippen molar-refractivity contribution in [3.05, 3.63) is 71.5 Å². The van der Waals surface area contributed by atoms with Crippen LogP contribution in [0, 0.1) is 6.92 Å². The van der Waals surface area contributed by atoms with E-state index < -0.39 is 0 Å². The summed E-state index contributed by atoms with van der Waals surface area (Å²) in [6.07, 6.45) is 0. The van der Waals surface area contributed by atoms with Gasteiger partial charge in [0.1, 0.15) is 11.6 Å². The van der Waals surface area contributed by atoms with Gasteiger partial charge in [-0.3, -0.25) is 4.79 Å². The van der Waals surface area contributed by atoms with Gasteiger partial charge in [0.05, 0.1) is 19.4 Å². The predicted octanol–water partition coefficient (Wildman–Crippen LogP) is 3.39. The first-order chi connectivity index (χ1) is 13.6. The summed E-state index contributed by atoms with van der Waals surface area (Å²) < 4.78 is 7.40. The summed E-state index contributed by atoms with van der Waals surface area (Å²) in [4.78, 5) is 14.3. The number of rotatable bonds is 8. The number of amides is 1. The van der Waals surface area contributed by atoms with Crippen molar-refractivity contribution in [1.29, 1.82) is 0 Å². The van der Waals surface area contributed by atoms with Crippen LogP contribution in [0.25, 0.3) is 0 Å². The molecule has 3 rings (SSSR count). The maximum Gasteiger partial charge on any atom is 0.233 e. The molecule has 0 aliphatic carbocycles. The molecule has 0 saturated carbocycles. The fourth-order valence-corrected chi connectivity index (χ4v) is 3.75. The zero-order chi connectivity index (χ0) is 19.9. The molecule has 3 aromatic rings. The number of carbonyl (C=O) groups excluding carboxylic acids is 1. The van der Waals surface area contributed by atoms with Gasteiger partial charge in [-0.2, -0.15) is 0 Å². The molecule has 28 heavy (non-hydrogen) atoms. The predicted molar refractivity (Wildman–Crippen MR) is 110 cm³/mol. The van der Waals surface area contributed by atoms with Crippen molar-refractivity contribution in [3.8, 4) is 5.75 Å².